The van der Waals surface area contributed by atoms with Crippen molar-refractivity contribution in [2.45, 2.75) is 32.9 Å². The van der Waals surface area contributed by atoms with Crippen LogP contribution in [0.1, 0.15) is 26.3 Å². The Bertz CT molecular complexity index is 361. The van der Waals surface area contributed by atoms with Crippen LogP contribution in [0.4, 0.5) is 4.39 Å². The average Bonchev–Trinajstić information content (AvgIpc) is 2.27. The van der Waals surface area contributed by atoms with Gasteiger partial charge < -0.3 is 11.1 Å². The van der Waals surface area contributed by atoms with Gasteiger partial charge in [0.15, 0.2) is 0 Å². The van der Waals surface area contributed by atoms with Crippen LogP contribution < -0.4 is 11.1 Å². The fourth-order valence-corrected chi connectivity index (χ4v) is 1.99. The van der Waals surface area contributed by atoms with Gasteiger partial charge in [-0.25, -0.2) is 4.39 Å². The SMILES string of the molecule is CC(C)C(C)(CN)NCc1c(F)cccc1Br. The van der Waals surface area contributed by atoms with Crippen LogP contribution in [0.5, 0.6) is 0 Å². The lowest BCUT2D eigenvalue weighted by Gasteiger charge is -2.34. The van der Waals surface area contributed by atoms with E-state index in [9.17, 15) is 4.39 Å². The minimum absolute atomic E-state index is 0.179. The van der Waals surface area contributed by atoms with Gasteiger partial charge >= 0.3 is 0 Å². The van der Waals surface area contributed by atoms with Gasteiger partial charge in [0.05, 0.1) is 0 Å². The molecular weight excluding hydrogens is 283 g/mol. The van der Waals surface area contributed by atoms with Crippen molar-refractivity contribution in [2.75, 3.05) is 6.54 Å². The molecule has 0 radical (unpaired) electrons. The van der Waals surface area contributed by atoms with E-state index in [-0.39, 0.29) is 11.4 Å². The van der Waals surface area contributed by atoms with Crippen molar-refractivity contribution in [1.82, 2.24) is 5.32 Å². The van der Waals surface area contributed by atoms with E-state index in [1.807, 2.05) is 6.07 Å². The second-order valence-corrected chi connectivity index (χ2v) is 5.68. The monoisotopic (exact) mass is 302 g/mol. The number of nitrogens with two attached hydrogens (primary N) is 1. The zero-order valence-electron chi connectivity index (χ0n) is 10.6. The minimum atomic E-state index is -0.199. The van der Waals surface area contributed by atoms with Gasteiger partial charge in [-0.15, -0.1) is 0 Å². The fourth-order valence-electron chi connectivity index (χ4n) is 1.50. The van der Waals surface area contributed by atoms with Crippen molar-refractivity contribution in [3.8, 4) is 0 Å². The lowest BCUT2D eigenvalue weighted by molar-refractivity contribution is 0.265. The highest BCUT2D eigenvalue weighted by Gasteiger charge is 2.26. The van der Waals surface area contributed by atoms with Crippen molar-refractivity contribution >= 4 is 15.9 Å². The number of nitrogens with one attached hydrogen (secondary N) is 1. The predicted molar refractivity (Wildman–Crippen MR) is 73.2 cm³/mol. The first-order chi connectivity index (χ1) is 7.90. The topological polar surface area (TPSA) is 38.0 Å². The molecule has 0 saturated carbocycles. The molecule has 4 heteroatoms. The summed E-state index contributed by atoms with van der Waals surface area (Å²) in [6, 6.07) is 5.00. The van der Waals surface area contributed by atoms with Crippen LogP contribution in [0.15, 0.2) is 22.7 Å². The average molecular weight is 303 g/mol. The summed E-state index contributed by atoms with van der Waals surface area (Å²) < 4.78 is 14.4. The Hall–Kier alpha value is -0.450. The maximum atomic E-state index is 13.6. The predicted octanol–water partition coefficient (Wildman–Crippen LogP) is 3.05. The Morgan fingerprint density at radius 3 is 2.59 bits per heavy atom. The summed E-state index contributed by atoms with van der Waals surface area (Å²) in [5.41, 5.74) is 6.25. The summed E-state index contributed by atoms with van der Waals surface area (Å²) in [6.45, 7) is 7.27. The smallest absolute Gasteiger partial charge is 0.128 e. The lowest BCUT2D eigenvalue weighted by atomic mass is 9.88. The molecular formula is C13H20BrFN2. The first-order valence-electron chi connectivity index (χ1n) is 5.78. The number of hydrogen-bond acceptors (Lipinski definition) is 2. The van der Waals surface area contributed by atoms with Crippen molar-refractivity contribution in [3.63, 3.8) is 0 Å². The van der Waals surface area contributed by atoms with Gasteiger partial charge in [0, 0.05) is 28.7 Å². The quantitative estimate of drug-likeness (QED) is 0.877. The third-order valence-electron chi connectivity index (χ3n) is 3.43. The van der Waals surface area contributed by atoms with Crippen molar-refractivity contribution in [3.05, 3.63) is 34.1 Å². The number of halogens is 2. The Labute approximate surface area is 111 Å². The van der Waals surface area contributed by atoms with Gasteiger partial charge in [-0.05, 0) is 25.0 Å². The summed E-state index contributed by atoms with van der Waals surface area (Å²) in [5.74, 6) is 0.188. The van der Waals surface area contributed by atoms with E-state index in [1.54, 1.807) is 6.07 Å². The van der Waals surface area contributed by atoms with E-state index in [2.05, 4.69) is 42.0 Å². The van der Waals surface area contributed by atoms with Gasteiger partial charge in [0.1, 0.15) is 5.82 Å². The van der Waals surface area contributed by atoms with E-state index in [0.29, 0.717) is 24.6 Å². The molecule has 1 rings (SSSR count). The second-order valence-electron chi connectivity index (χ2n) is 4.83. The van der Waals surface area contributed by atoms with E-state index in [1.165, 1.54) is 6.07 Å². The van der Waals surface area contributed by atoms with E-state index < -0.39 is 0 Å². The molecule has 0 aliphatic heterocycles. The summed E-state index contributed by atoms with van der Waals surface area (Å²) in [6.07, 6.45) is 0. The van der Waals surface area contributed by atoms with Crippen LogP contribution >= 0.6 is 15.9 Å². The van der Waals surface area contributed by atoms with Gasteiger partial charge in [0.25, 0.3) is 0 Å². The highest BCUT2D eigenvalue weighted by Crippen LogP contribution is 2.22. The summed E-state index contributed by atoms with van der Waals surface area (Å²) in [5, 5.41) is 3.35. The van der Waals surface area contributed by atoms with Crippen molar-refractivity contribution in [1.29, 1.82) is 0 Å². The molecule has 1 unspecified atom stereocenters. The number of hydrogen-bond donors (Lipinski definition) is 2. The second kappa shape index (κ2) is 5.94. The zero-order chi connectivity index (χ0) is 13.1. The Morgan fingerprint density at radius 1 is 1.47 bits per heavy atom. The molecule has 0 fully saturated rings. The molecule has 0 heterocycles. The van der Waals surface area contributed by atoms with Gasteiger partial charge in [-0.3, -0.25) is 0 Å². The zero-order valence-corrected chi connectivity index (χ0v) is 12.1. The molecule has 0 bridgehead atoms. The van der Waals surface area contributed by atoms with E-state index in [4.69, 9.17) is 5.73 Å². The summed E-state index contributed by atoms with van der Waals surface area (Å²) in [7, 11) is 0. The highest BCUT2D eigenvalue weighted by atomic mass is 79.9. The van der Waals surface area contributed by atoms with E-state index >= 15 is 0 Å². The Kier molecular flexibility index (Phi) is 5.10. The largest absolute Gasteiger partial charge is 0.329 e. The molecule has 17 heavy (non-hydrogen) atoms. The molecule has 1 aromatic rings. The number of benzene rings is 1. The van der Waals surface area contributed by atoms with Gasteiger partial charge in [0.2, 0.25) is 0 Å². The molecule has 0 aliphatic rings. The molecule has 2 nitrogen and oxygen atoms in total. The first-order valence-corrected chi connectivity index (χ1v) is 6.58. The lowest BCUT2D eigenvalue weighted by Crippen LogP contribution is -2.52. The summed E-state index contributed by atoms with van der Waals surface area (Å²) >= 11 is 3.36. The summed E-state index contributed by atoms with van der Waals surface area (Å²) in [4.78, 5) is 0. The van der Waals surface area contributed by atoms with Crippen LogP contribution in [0, 0.1) is 11.7 Å². The molecule has 0 saturated heterocycles. The van der Waals surface area contributed by atoms with Gasteiger partial charge in [-0.1, -0.05) is 35.8 Å². The van der Waals surface area contributed by atoms with Gasteiger partial charge in [-0.2, -0.15) is 0 Å². The third-order valence-corrected chi connectivity index (χ3v) is 4.17. The van der Waals surface area contributed by atoms with Crippen molar-refractivity contribution < 1.29 is 4.39 Å². The maximum Gasteiger partial charge on any atom is 0.128 e. The molecule has 96 valence electrons. The standard InChI is InChI=1S/C13H20BrFN2/c1-9(2)13(3,8-16)17-7-10-11(14)5-4-6-12(10)15/h4-6,9,17H,7-8,16H2,1-3H3. The van der Waals surface area contributed by atoms with Crippen LogP contribution in [-0.2, 0) is 6.54 Å². The molecule has 0 aromatic heterocycles. The van der Waals surface area contributed by atoms with E-state index in [0.717, 1.165) is 4.47 Å². The molecule has 1 aromatic carbocycles. The van der Waals surface area contributed by atoms with Crippen molar-refractivity contribution in [2.24, 2.45) is 11.7 Å². The third kappa shape index (κ3) is 3.50. The fraction of sp³-hybridized carbons (Fsp3) is 0.538. The minimum Gasteiger partial charge on any atom is -0.329 e. The normalized spacial score (nSPS) is 15.0. The molecule has 1 atom stereocenters. The van der Waals surface area contributed by atoms with Crippen LogP contribution in [0.3, 0.4) is 0 Å². The maximum absolute atomic E-state index is 13.6. The molecule has 0 spiro atoms. The Morgan fingerprint density at radius 2 is 2.12 bits per heavy atom. The van der Waals surface area contributed by atoms with Crippen LogP contribution in [0.25, 0.3) is 0 Å². The first kappa shape index (κ1) is 14.6. The Balaban J connectivity index is 2.80. The van der Waals surface area contributed by atoms with Crippen LogP contribution in [-0.4, -0.2) is 12.1 Å². The highest BCUT2D eigenvalue weighted by molar-refractivity contribution is 9.10. The van der Waals surface area contributed by atoms with Crippen LogP contribution in [0.2, 0.25) is 0 Å². The molecule has 0 aliphatic carbocycles. The molecule has 3 N–H and O–H groups in total. The molecule has 0 amide bonds. The number of rotatable bonds is 5.